The SMILES string of the molecule is CCOCc1ccc(C)c(NCCN2CCCC2)c1. The van der Waals surface area contributed by atoms with Crippen LogP contribution in [0.1, 0.15) is 30.9 Å². The fourth-order valence-electron chi connectivity index (χ4n) is 2.52. The summed E-state index contributed by atoms with van der Waals surface area (Å²) in [5.74, 6) is 0. The highest BCUT2D eigenvalue weighted by molar-refractivity contribution is 5.52. The summed E-state index contributed by atoms with van der Waals surface area (Å²) >= 11 is 0. The predicted molar refractivity (Wildman–Crippen MR) is 80.7 cm³/mol. The molecule has 0 atom stereocenters. The van der Waals surface area contributed by atoms with Crippen molar-refractivity contribution in [3.8, 4) is 0 Å². The first-order chi connectivity index (χ1) is 9.29. The molecule has 3 heteroatoms. The minimum atomic E-state index is 0.706. The van der Waals surface area contributed by atoms with Crippen molar-refractivity contribution in [3.05, 3.63) is 29.3 Å². The maximum absolute atomic E-state index is 5.46. The van der Waals surface area contributed by atoms with E-state index in [1.807, 2.05) is 6.92 Å². The van der Waals surface area contributed by atoms with Gasteiger partial charge < -0.3 is 15.0 Å². The van der Waals surface area contributed by atoms with Crippen molar-refractivity contribution in [1.82, 2.24) is 4.90 Å². The molecule has 0 spiro atoms. The maximum atomic E-state index is 5.46. The molecule has 106 valence electrons. The molecule has 1 fully saturated rings. The zero-order valence-corrected chi connectivity index (χ0v) is 12.2. The third-order valence-electron chi connectivity index (χ3n) is 3.72. The summed E-state index contributed by atoms with van der Waals surface area (Å²) in [6, 6.07) is 6.54. The smallest absolute Gasteiger partial charge is 0.0717 e. The molecule has 1 heterocycles. The number of benzene rings is 1. The van der Waals surface area contributed by atoms with Crippen molar-refractivity contribution < 1.29 is 4.74 Å². The van der Waals surface area contributed by atoms with E-state index in [-0.39, 0.29) is 0 Å². The molecule has 0 radical (unpaired) electrons. The van der Waals surface area contributed by atoms with Crippen LogP contribution in [0.2, 0.25) is 0 Å². The molecule has 1 saturated heterocycles. The molecule has 1 N–H and O–H groups in total. The number of nitrogens with one attached hydrogen (secondary N) is 1. The second-order valence-corrected chi connectivity index (χ2v) is 5.26. The number of anilines is 1. The summed E-state index contributed by atoms with van der Waals surface area (Å²) < 4.78 is 5.46. The molecule has 3 nitrogen and oxygen atoms in total. The lowest BCUT2D eigenvalue weighted by molar-refractivity contribution is 0.134. The number of hydrogen-bond donors (Lipinski definition) is 1. The summed E-state index contributed by atoms with van der Waals surface area (Å²) in [5.41, 5.74) is 3.80. The van der Waals surface area contributed by atoms with E-state index in [2.05, 4.69) is 35.3 Å². The molecule has 0 saturated carbocycles. The van der Waals surface area contributed by atoms with Crippen molar-refractivity contribution >= 4 is 5.69 Å². The van der Waals surface area contributed by atoms with E-state index in [0.717, 1.165) is 19.7 Å². The highest BCUT2D eigenvalue weighted by atomic mass is 16.5. The number of nitrogens with zero attached hydrogens (tertiary/aromatic N) is 1. The van der Waals surface area contributed by atoms with Gasteiger partial charge in [-0.3, -0.25) is 0 Å². The van der Waals surface area contributed by atoms with Gasteiger partial charge in [0.05, 0.1) is 6.61 Å². The van der Waals surface area contributed by atoms with Gasteiger partial charge in [-0.15, -0.1) is 0 Å². The Morgan fingerprint density at radius 1 is 1.26 bits per heavy atom. The Labute approximate surface area is 116 Å². The van der Waals surface area contributed by atoms with E-state index in [0.29, 0.717) is 6.61 Å². The fourth-order valence-corrected chi connectivity index (χ4v) is 2.52. The Balaban J connectivity index is 1.83. The molecule has 2 rings (SSSR count). The van der Waals surface area contributed by atoms with Gasteiger partial charge in [0.1, 0.15) is 0 Å². The van der Waals surface area contributed by atoms with E-state index in [1.54, 1.807) is 0 Å². The van der Waals surface area contributed by atoms with Crippen LogP contribution in [0, 0.1) is 6.92 Å². The monoisotopic (exact) mass is 262 g/mol. The molecule has 1 aromatic rings. The van der Waals surface area contributed by atoms with Crippen LogP contribution in [0.3, 0.4) is 0 Å². The minimum absolute atomic E-state index is 0.706. The molecule has 0 bridgehead atoms. The summed E-state index contributed by atoms with van der Waals surface area (Å²) in [6.45, 7) is 10.4. The molecular weight excluding hydrogens is 236 g/mol. The first kappa shape index (κ1) is 14.4. The van der Waals surface area contributed by atoms with Crippen LogP contribution in [-0.2, 0) is 11.3 Å². The molecular formula is C16H26N2O. The fraction of sp³-hybridized carbons (Fsp3) is 0.625. The minimum Gasteiger partial charge on any atom is -0.384 e. The third-order valence-corrected chi connectivity index (χ3v) is 3.72. The van der Waals surface area contributed by atoms with Gasteiger partial charge in [-0.25, -0.2) is 0 Å². The van der Waals surface area contributed by atoms with Crippen LogP contribution in [0.4, 0.5) is 5.69 Å². The van der Waals surface area contributed by atoms with Gasteiger partial charge in [-0.2, -0.15) is 0 Å². The Bertz CT molecular complexity index is 386. The molecule has 0 aliphatic carbocycles. The van der Waals surface area contributed by atoms with Crippen molar-refractivity contribution in [2.75, 3.05) is 38.1 Å². The number of aryl methyl sites for hydroxylation is 1. The van der Waals surface area contributed by atoms with Gasteiger partial charge in [0, 0.05) is 25.4 Å². The maximum Gasteiger partial charge on any atom is 0.0717 e. The van der Waals surface area contributed by atoms with Crippen LogP contribution in [0.25, 0.3) is 0 Å². The highest BCUT2D eigenvalue weighted by Gasteiger charge is 2.10. The van der Waals surface area contributed by atoms with E-state index in [1.165, 1.54) is 42.7 Å². The van der Waals surface area contributed by atoms with Crippen molar-refractivity contribution in [2.45, 2.75) is 33.3 Å². The van der Waals surface area contributed by atoms with E-state index < -0.39 is 0 Å². The zero-order chi connectivity index (χ0) is 13.5. The lowest BCUT2D eigenvalue weighted by Gasteiger charge is -2.17. The Kier molecular flexibility index (Phi) is 5.67. The second-order valence-electron chi connectivity index (χ2n) is 5.26. The molecule has 1 aliphatic rings. The Morgan fingerprint density at radius 3 is 2.79 bits per heavy atom. The molecule has 0 aromatic heterocycles. The normalized spacial score (nSPS) is 15.9. The third kappa shape index (κ3) is 4.51. The molecule has 1 aliphatic heterocycles. The van der Waals surface area contributed by atoms with Gasteiger partial charge >= 0.3 is 0 Å². The quantitative estimate of drug-likeness (QED) is 0.817. The molecule has 0 unspecified atom stereocenters. The molecule has 19 heavy (non-hydrogen) atoms. The van der Waals surface area contributed by atoms with Gasteiger partial charge in [-0.1, -0.05) is 12.1 Å². The summed E-state index contributed by atoms with van der Waals surface area (Å²) in [6.07, 6.45) is 2.73. The number of likely N-dealkylation sites (tertiary alicyclic amines) is 1. The topological polar surface area (TPSA) is 24.5 Å². The molecule has 1 aromatic carbocycles. The van der Waals surface area contributed by atoms with Crippen LogP contribution in [0.5, 0.6) is 0 Å². The Hall–Kier alpha value is -1.06. The summed E-state index contributed by atoms with van der Waals surface area (Å²) in [4.78, 5) is 2.53. The average molecular weight is 262 g/mol. The zero-order valence-electron chi connectivity index (χ0n) is 12.2. The number of ether oxygens (including phenoxy) is 1. The summed E-state index contributed by atoms with van der Waals surface area (Å²) in [5, 5.41) is 3.56. The standard InChI is InChI=1S/C16H26N2O/c1-3-19-13-15-7-6-14(2)16(12-15)17-8-11-18-9-4-5-10-18/h6-7,12,17H,3-5,8-11,13H2,1-2H3. The Morgan fingerprint density at radius 2 is 2.05 bits per heavy atom. The van der Waals surface area contributed by atoms with E-state index >= 15 is 0 Å². The van der Waals surface area contributed by atoms with Crippen LogP contribution in [-0.4, -0.2) is 37.7 Å². The average Bonchev–Trinajstić information content (AvgIpc) is 2.92. The van der Waals surface area contributed by atoms with Crippen LogP contribution < -0.4 is 5.32 Å². The first-order valence-corrected chi connectivity index (χ1v) is 7.43. The van der Waals surface area contributed by atoms with Gasteiger partial charge in [-0.05, 0) is 57.0 Å². The predicted octanol–water partition coefficient (Wildman–Crippen LogP) is 3.04. The lowest BCUT2D eigenvalue weighted by atomic mass is 10.1. The number of rotatable bonds is 7. The van der Waals surface area contributed by atoms with Crippen molar-refractivity contribution in [1.29, 1.82) is 0 Å². The van der Waals surface area contributed by atoms with Gasteiger partial charge in [0.15, 0.2) is 0 Å². The largest absolute Gasteiger partial charge is 0.384 e. The lowest BCUT2D eigenvalue weighted by Crippen LogP contribution is -2.26. The molecule has 0 amide bonds. The summed E-state index contributed by atoms with van der Waals surface area (Å²) in [7, 11) is 0. The van der Waals surface area contributed by atoms with Gasteiger partial charge in [0.25, 0.3) is 0 Å². The van der Waals surface area contributed by atoms with E-state index in [4.69, 9.17) is 4.74 Å². The second kappa shape index (κ2) is 7.51. The highest BCUT2D eigenvalue weighted by Crippen LogP contribution is 2.17. The van der Waals surface area contributed by atoms with Crippen molar-refractivity contribution in [2.24, 2.45) is 0 Å². The number of hydrogen-bond acceptors (Lipinski definition) is 3. The van der Waals surface area contributed by atoms with Gasteiger partial charge in [0.2, 0.25) is 0 Å². The van der Waals surface area contributed by atoms with Crippen LogP contribution >= 0.6 is 0 Å². The first-order valence-electron chi connectivity index (χ1n) is 7.43. The van der Waals surface area contributed by atoms with Crippen LogP contribution in [0.15, 0.2) is 18.2 Å². The van der Waals surface area contributed by atoms with E-state index in [9.17, 15) is 0 Å². The van der Waals surface area contributed by atoms with Crippen molar-refractivity contribution in [3.63, 3.8) is 0 Å².